The molecule has 0 saturated heterocycles. The molecule has 1 heterocycles. The lowest BCUT2D eigenvalue weighted by Gasteiger charge is -2.27. The number of anilines is 2. The second kappa shape index (κ2) is 9.99. The Morgan fingerprint density at radius 2 is 1.71 bits per heavy atom. The molecule has 1 aliphatic heterocycles. The summed E-state index contributed by atoms with van der Waals surface area (Å²) >= 11 is 0. The first kappa shape index (κ1) is 24.6. The highest BCUT2D eigenvalue weighted by Gasteiger charge is 2.30. The Bertz CT molecular complexity index is 1370. The van der Waals surface area contributed by atoms with Crippen LogP contribution in [0.5, 0.6) is 0 Å². The van der Waals surface area contributed by atoms with Crippen molar-refractivity contribution < 1.29 is 17.4 Å². The van der Waals surface area contributed by atoms with Gasteiger partial charge in [0.1, 0.15) is 9.92 Å². The molecule has 0 aliphatic carbocycles. The standard InChI is InChI=1S/C24H23F3N6OS/c25-24(26,27)19-9-12-21(13-10-19)35(29,34)30-14-3-15-33-22-5-2-1-4-17(22)6-7-18-8-11-20(31-32-28)16-23(18)33/h1-2,4-5,8-13,16H,3,6-7,14-15H2,(H2,29,30,34). The summed E-state index contributed by atoms with van der Waals surface area (Å²) in [5.74, 6) is 0. The van der Waals surface area contributed by atoms with Crippen LogP contribution in [0.25, 0.3) is 10.4 Å². The van der Waals surface area contributed by atoms with Crippen LogP contribution >= 0.6 is 0 Å². The number of fused-ring (bicyclic) bond motifs is 2. The van der Waals surface area contributed by atoms with Crippen LogP contribution in [0.1, 0.15) is 23.1 Å². The number of hydrogen-bond acceptors (Lipinski definition) is 4. The van der Waals surface area contributed by atoms with Crippen molar-refractivity contribution in [2.45, 2.75) is 30.3 Å². The first-order valence-electron chi connectivity index (χ1n) is 10.9. The minimum atomic E-state index is -4.49. The highest BCUT2D eigenvalue weighted by Crippen LogP contribution is 2.38. The van der Waals surface area contributed by atoms with Crippen molar-refractivity contribution in [3.8, 4) is 0 Å². The Kier molecular flexibility index (Phi) is 7.02. The van der Waals surface area contributed by atoms with E-state index in [1.807, 2.05) is 30.3 Å². The summed E-state index contributed by atoms with van der Waals surface area (Å²) in [5.41, 5.74) is 12.7. The van der Waals surface area contributed by atoms with Gasteiger partial charge in [0.15, 0.2) is 0 Å². The van der Waals surface area contributed by atoms with E-state index in [1.54, 1.807) is 6.07 Å². The largest absolute Gasteiger partial charge is 0.416 e. The summed E-state index contributed by atoms with van der Waals surface area (Å²) < 4.78 is 62.0. The van der Waals surface area contributed by atoms with Gasteiger partial charge in [0.25, 0.3) is 0 Å². The molecular formula is C24H23F3N6OS. The second-order valence-electron chi connectivity index (χ2n) is 8.11. The Hall–Kier alpha value is -3.53. The smallest absolute Gasteiger partial charge is 0.341 e. The molecule has 2 N–H and O–H groups in total. The van der Waals surface area contributed by atoms with Crippen molar-refractivity contribution >= 4 is 27.0 Å². The Labute approximate surface area is 201 Å². The summed E-state index contributed by atoms with van der Waals surface area (Å²) in [6.45, 7) is 0.743. The average Bonchev–Trinajstić information content (AvgIpc) is 2.98. The minimum absolute atomic E-state index is 0.00466. The van der Waals surface area contributed by atoms with Crippen LogP contribution in [0, 0.1) is 4.78 Å². The van der Waals surface area contributed by atoms with E-state index < -0.39 is 21.7 Å². The molecule has 11 heteroatoms. The number of azide groups is 1. The number of hydrogen-bond donors (Lipinski definition) is 2. The molecule has 3 aromatic carbocycles. The lowest BCUT2D eigenvalue weighted by atomic mass is 10.0. The Morgan fingerprint density at radius 3 is 2.40 bits per heavy atom. The molecule has 0 aromatic heterocycles. The van der Waals surface area contributed by atoms with Gasteiger partial charge in [-0.05, 0) is 72.3 Å². The highest BCUT2D eigenvalue weighted by molar-refractivity contribution is 7.90. The normalized spacial score (nSPS) is 14.8. The Balaban J connectivity index is 1.50. The molecule has 0 amide bonds. The number of benzene rings is 3. The number of para-hydroxylation sites is 1. The number of aryl methyl sites for hydroxylation is 2. The van der Waals surface area contributed by atoms with Crippen LogP contribution in [-0.4, -0.2) is 17.3 Å². The summed E-state index contributed by atoms with van der Waals surface area (Å²) in [6.07, 6.45) is -2.30. The fourth-order valence-electron chi connectivity index (χ4n) is 4.13. The third kappa shape index (κ3) is 5.59. The fraction of sp³-hybridized carbons (Fsp3) is 0.250. The summed E-state index contributed by atoms with van der Waals surface area (Å²) in [6, 6.07) is 17.4. The van der Waals surface area contributed by atoms with Crippen molar-refractivity contribution in [1.82, 2.24) is 4.72 Å². The molecule has 4 rings (SSSR count). The number of rotatable bonds is 7. The minimum Gasteiger partial charge on any atom is -0.341 e. The van der Waals surface area contributed by atoms with Gasteiger partial charge in [-0.15, -0.1) is 0 Å². The van der Waals surface area contributed by atoms with Crippen molar-refractivity contribution in [3.63, 3.8) is 0 Å². The summed E-state index contributed by atoms with van der Waals surface area (Å²) in [5, 5.41) is 3.73. The molecule has 0 spiro atoms. The van der Waals surface area contributed by atoms with Crippen LogP contribution in [0.15, 0.2) is 76.7 Å². The van der Waals surface area contributed by atoms with Crippen LogP contribution in [-0.2, 0) is 28.9 Å². The second-order valence-corrected chi connectivity index (χ2v) is 9.98. The molecule has 1 unspecified atom stereocenters. The number of alkyl halides is 3. The fourth-order valence-corrected chi connectivity index (χ4v) is 5.24. The van der Waals surface area contributed by atoms with Crippen LogP contribution in [0.4, 0.5) is 30.2 Å². The first-order chi connectivity index (χ1) is 16.7. The lowest BCUT2D eigenvalue weighted by molar-refractivity contribution is -0.137. The van der Waals surface area contributed by atoms with Crippen molar-refractivity contribution in [2.24, 2.45) is 5.11 Å². The molecule has 3 aromatic rings. The molecule has 35 heavy (non-hydrogen) atoms. The van der Waals surface area contributed by atoms with Gasteiger partial charge in [-0.25, -0.2) is 13.7 Å². The van der Waals surface area contributed by atoms with Crippen LogP contribution < -0.4 is 9.62 Å². The average molecular weight is 501 g/mol. The highest BCUT2D eigenvalue weighted by atomic mass is 32.2. The maximum Gasteiger partial charge on any atom is 0.416 e. The van der Waals surface area contributed by atoms with Crippen LogP contribution in [0.3, 0.4) is 0 Å². The number of nitrogens with one attached hydrogen (secondary N) is 2. The van der Waals surface area contributed by atoms with Gasteiger partial charge in [-0.2, -0.15) is 13.2 Å². The zero-order valence-corrected chi connectivity index (χ0v) is 19.4. The van der Waals surface area contributed by atoms with E-state index in [1.165, 1.54) is 5.56 Å². The molecule has 0 fully saturated rings. The summed E-state index contributed by atoms with van der Waals surface area (Å²) in [4.78, 5) is 5.00. The monoisotopic (exact) mass is 500 g/mol. The predicted molar refractivity (Wildman–Crippen MR) is 129 cm³/mol. The third-order valence-corrected chi connectivity index (χ3v) is 7.39. The van der Waals surface area contributed by atoms with E-state index in [2.05, 4.69) is 25.7 Å². The van der Waals surface area contributed by atoms with Crippen molar-refractivity contribution in [2.75, 3.05) is 18.0 Å². The maximum absolute atomic E-state index is 12.8. The third-order valence-electron chi connectivity index (χ3n) is 5.84. The Morgan fingerprint density at radius 1 is 1.03 bits per heavy atom. The SMILES string of the molecule is [N-]=[N+]=Nc1ccc2c(c1)N(CCCNS(=N)(=O)c1ccc(C(F)(F)F)cc1)c1ccccc1CC2. The molecule has 0 saturated carbocycles. The van der Waals surface area contributed by atoms with Gasteiger partial charge in [0.05, 0.1) is 10.5 Å². The van der Waals surface area contributed by atoms with Gasteiger partial charge in [-0.3, -0.25) is 0 Å². The van der Waals surface area contributed by atoms with Gasteiger partial charge < -0.3 is 4.90 Å². The van der Waals surface area contributed by atoms with Crippen LogP contribution in [0.2, 0.25) is 0 Å². The zero-order valence-electron chi connectivity index (χ0n) is 18.6. The maximum atomic E-state index is 12.8. The van der Waals surface area contributed by atoms with E-state index in [0.29, 0.717) is 18.7 Å². The molecular weight excluding hydrogens is 477 g/mol. The topological polar surface area (TPSA) is 105 Å². The van der Waals surface area contributed by atoms with Gasteiger partial charge in [0, 0.05) is 35.1 Å². The molecule has 0 radical (unpaired) electrons. The summed E-state index contributed by atoms with van der Waals surface area (Å²) in [7, 11) is -3.46. The van der Waals surface area contributed by atoms with Gasteiger partial charge in [0.2, 0.25) is 0 Å². The van der Waals surface area contributed by atoms with Crippen molar-refractivity contribution in [1.29, 1.82) is 4.78 Å². The molecule has 0 bridgehead atoms. The lowest BCUT2D eigenvalue weighted by Crippen LogP contribution is -2.28. The number of halogens is 3. The van der Waals surface area contributed by atoms with E-state index in [9.17, 15) is 17.4 Å². The molecule has 7 nitrogen and oxygen atoms in total. The number of nitrogens with zero attached hydrogens (tertiary/aromatic N) is 4. The van der Waals surface area contributed by atoms with E-state index >= 15 is 0 Å². The quantitative estimate of drug-likeness (QED) is 0.160. The van der Waals surface area contributed by atoms with E-state index in [4.69, 9.17) is 10.3 Å². The van der Waals surface area contributed by atoms with Gasteiger partial charge >= 0.3 is 6.18 Å². The van der Waals surface area contributed by atoms with E-state index in [0.717, 1.165) is 54.0 Å². The van der Waals surface area contributed by atoms with Gasteiger partial charge in [-0.1, -0.05) is 35.4 Å². The molecule has 1 atom stereocenters. The molecule has 1 aliphatic rings. The predicted octanol–water partition coefficient (Wildman–Crippen LogP) is 6.88. The van der Waals surface area contributed by atoms with E-state index in [-0.39, 0.29) is 11.4 Å². The first-order valence-corrected chi connectivity index (χ1v) is 12.5. The zero-order chi connectivity index (χ0) is 25.1. The molecule has 182 valence electrons. The van der Waals surface area contributed by atoms with Crippen molar-refractivity contribution in [3.05, 3.63) is 93.9 Å².